The summed E-state index contributed by atoms with van der Waals surface area (Å²) in [5.41, 5.74) is 0.159. The van der Waals surface area contributed by atoms with Crippen LogP contribution in [-0.4, -0.2) is 71.3 Å². The first-order chi connectivity index (χ1) is 13.3. The molecule has 1 rings (SSSR count). The first kappa shape index (κ1) is 26.2. The van der Waals surface area contributed by atoms with E-state index >= 15 is 0 Å². The average molecular weight is 425 g/mol. The fourth-order valence-electron chi connectivity index (χ4n) is 3.10. The lowest BCUT2D eigenvalue weighted by Crippen LogP contribution is -2.56. The molecule has 1 heterocycles. The largest absolute Gasteiger partial charge is 0.390 e. The van der Waals surface area contributed by atoms with Crippen LogP contribution >= 0.6 is 8.38 Å². The zero-order valence-electron chi connectivity index (χ0n) is 18.1. The second kappa shape index (κ2) is 14.2. The molecule has 7 nitrogen and oxygen atoms in total. The third-order valence-electron chi connectivity index (χ3n) is 4.78. The molecule has 0 aromatic heterocycles. The molecule has 0 amide bonds. The third-order valence-corrected chi connectivity index (χ3v) is 6.11. The average Bonchev–Trinajstić information content (AvgIpc) is 2.64. The van der Waals surface area contributed by atoms with E-state index < -0.39 is 33.0 Å². The molecule has 0 aromatic carbocycles. The van der Waals surface area contributed by atoms with Crippen LogP contribution in [0.3, 0.4) is 0 Å². The maximum Gasteiger partial charge on any atom is 0.170 e. The standard InChI is InChI=1S/C20H41O7P/c1-6-10-16-18(21)19(22)17(13-25-14(2)3)27-20(16)24-11-8-7-9-12-26-28(23)15(4)5/h14-23H,6-13H2,1-5H3. The summed E-state index contributed by atoms with van der Waals surface area (Å²) in [6.07, 6.45) is 1.28. The monoisotopic (exact) mass is 424 g/mol. The van der Waals surface area contributed by atoms with Gasteiger partial charge in [0.2, 0.25) is 0 Å². The summed E-state index contributed by atoms with van der Waals surface area (Å²) in [5, 5.41) is 20.9. The van der Waals surface area contributed by atoms with Crippen molar-refractivity contribution in [3.63, 3.8) is 0 Å². The maximum absolute atomic E-state index is 10.5. The number of aliphatic hydroxyl groups is 2. The van der Waals surface area contributed by atoms with Gasteiger partial charge >= 0.3 is 0 Å². The summed E-state index contributed by atoms with van der Waals surface area (Å²) in [4.78, 5) is 9.68. The first-order valence-corrected chi connectivity index (χ1v) is 11.9. The van der Waals surface area contributed by atoms with Crippen molar-refractivity contribution in [1.29, 1.82) is 0 Å². The molecule has 1 fully saturated rings. The Labute approximate surface area is 171 Å². The topological polar surface area (TPSA) is 97.6 Å². The predicted octanol–water partition coefficient (Wildman–Crippen LogP) is 3.19. The molecule has 0 spiro atoms. The molecule has 1 aliphatic rings. The molecule has 8 heteroatoms. The van der Waals surface area contributed by atoms with E-state index in [1.807, 2.05) is 34.6 Å². The number of hydrogen-bond donors (Lipinski definition) is 3. The third kappa shape index (κ3) is 9.31. The molecule has 6 unspecified atom stereocenters. The SMILES string of the molecule is CCCC1C(OCCCCCOP(O)C(C)C)OC(COC(C)C)C(O)C1O. The Hall–Kier alpha value is 0.150. The molecule has 0 aliphatic carbocycles. The Kier molecular flexibility index (Phi) is 13.3. The summed E-state index contributed by atoms with van der Waals surface area (Å²) >= 11 is 0. The van der Waals surface area contributed by atoms with Crippen LogP contribution in [0, 0.1) is 5.92 Å². The first-order valence-electron chi connectivity index (χ1n) is 10.6. The summed E-state index contributed by atoms with van der Waals surface area (Å²) in [7, 11) is -1.32. The minimum Gasteiger partial charge on any atom is -0.390 e. The van der Waals surface area contributed by atoms with E-state index in [0.717, 1.165) is 32.1 Å². The number of aliphatic hydroxyl groups excluding tert-OH is 2. The van der Waals surface area contributed by atoms with Gasteiger partial charge in [-0.3, -0.25) is 0 Å². The van der Waals surface area contributed by atoms with Crippen molar-refractivity contribution in [2.45, 2.75) is 103 Å². The summed E-state index contributed by atoms with van der Waals surface area (Å²) in [6.45, 7) is 11.1. The number of hydrogen-bond acceptors (Lipinski definition) is 7. The van der Waals surface area contributed by atoms with Gasteiger partial charge < -0.3 is 33.8 Å². The molecule has 0 saturated carbocycles. The van der Waals surface area contributed by atoms with E-state index in [1.165, 1.54) is 0 Å². The van der Waals surface area contributed by atoms with Gasteiger partial charge in [-0.1, -0.05) is 27.2 Å². The van der Waals surface area contributed by atoms with Crippen LogP contribution in [0.5, 0.6) is 0 Å². The minimum absolute atomic E-state index is 0.0264. The molecular formula is C20H41O7P. The smallest absolute Gasteiger partial charge is 0.170 e. The van der Waals surface area contributed by atoms with Crippen LogP contribution in [0.1, 0.15) is 66.7 Å². The van der Waals surface area contributed by atoms with Crippen molar-refractivity contribution < 1.29 is 33.8 Å². The van der Waals surface area contributed by atoms with Crippen LogP contribution in [0.2, 0.25) is 0 Å². The fourth-order valence-corrected chi connectivity index (χ4v) is 3.72. The molecule has 6 atom stereocenters. The fraction of sp³-hybridized carbons (Fsp3) is 1.00. The molecule has 28 heavy (non-hydrogen) atoms. The number of rotatable bonds is 14. The maximum atomic E-state index is 10.5. The summed E-state index contributed by atoms with van der Waals surface area (Å²) in [5.74, 6) is -0.248. The Morgan fingerprint density at radius 1 is 1.00 bits per heavy atom. The molecule has 0 radical (unpaired) electrons. The highest BCUT2D eigenvalue weighted by atomic mass is 31.2. The van der Waals surface area contributed by atoms with Crippen LogP contribution in [0.15, 0.2) is 0 Å². The second-order valence-corrected chi connectivity index (χ2v) is 9.92. The number of ether oxygens (including phenoxy) is 3. The van der Waals surface area contributed by atoms with Crippen molar-refractivity contribution in [2.75, 3.05) is 19.8 Å². The van der Waals surface area contributed by atoms with E-state index in [-0.39, 0.29) is 24.3 Å². The van der Waals surface area contributed by atoms with Crippen molar-refractivity contribution in [3.05, 3.63) is 0 Å². The van der Waals surface area contributed by atoms with Crippen LogP contribution in [0.4, 0.5) is 0 Å². The lowest BCUT2D eigenvalue weighted by atomic mass is 9.87. The molecule has 1 aliphatic heterocycles. The van der Waals surface area contributed by atoms with Crippen molar-refractivity contribution in [2.24, 2.45) is 5.92 Å². The summed E-state index contributed by atoms with van der Waals surface area (Å²) < 4.78 is 22.9. The molecular weight excluding hydrogens is 383 g/mol. The molecule has 1 saturated heterocycles. The lowest BCUT2D eigenvalue weighted by molar-refractivity contribution is -0.290. The predicted molar refractivity (Wildman–Crippen MR) is 110 cm³/mol. The zero-order chi connectivity index (χ0) is 21.1. The van der Waals surface area contributed by atoms with Gasteiger partial charge in [-0.2, -0.15) is 0 Å². The van der Waals surface area contributed by atoms with Crippen molar-refractivity contribution in [1.82, 2.24) is 0 Å². The van der Waals surface area contributed by atoms with Crippen LogP contribution < -0.4 is 0 Å². The van der Waals surface area contributed by atoms with Crippen molar-refractivity contribution in [3.8, 4) is 0 Å². The Morgan fingerprint density at radius 3 is 2.29 bits per heavy atom. The zero-order valence-corrected chi connectivity index (χ0v) is 19.0. The molecule has 168 valence electrons. The Balaban J connectivity index is 2.39. The molecule has 3 N–H and O–H groups in total. The van der Waals surface area contributed by atoms with Gasteiger partial charge in [-0.25, -0.2) is 0 Å². The number of unbranched alkanes of at least 4 members (excludes halogenated alkanes) is 2. The minimum atomic E-state index is -1.32. The van der Waals surface area contributed by atoms with Gasteiger partial charge in [-0.15, -0.1) is 0 Å². The summed E-state index contributed by atoms with van der Waals surface area (Å²) in [6, 6.07) is 0. The van der Waals surface area contributed by atoms with Crippen molar-refractivity contribution >= 4 is 8.38 Å². The van der Waals surface area contributed by atoms with E-state index in [9.17, 15) is 15.1 Å². The van der Waals surface area contributed by atoms with Crippen LogP contribution in [-0.2, 0) is 18.7 Å². The highest BCUT2D eigenvalue weighted by Gasteiger charge is 2.44. The van der Waals surface area contributed by atoms with Gasteiger partial charge in [0.25, 0.3) is 0 Å². The second-order valence-electron chi connectivity index (χ2n) is 8.02. The highest BCUT2D eigenvalue weighted by molar-refractivity contribution is 7.46. The van der Waals surface area contributed by atoms with E-state index in [1.54, 1.807) is 0 Å². The lowest BCUT2D eigenvalue weighted by Gasteiger charge is -2.42. The van der Waals surface area contributed by atoms with Gasteiger partial charge in [0.05, 0.1) is 25.4 Å². The van der Waals surface area contributed by atoms with E-state index in [0.29, 0.717) is 13.2 Å². The highest BCUT2D eigenvalue weighted by Crippen LogP contribution is 2.37. The van der Waals surface area contributed by atoms with Gasteiger partial charge in [0, 0.05) is 18.2 Å². The van der Waals surface area contributed by atoms with Gasteiger partial charge in [0.1, 0.15) is 12.2 Å². The molecule has 0 aromatic rings. The van der Waals surface area contributed by atoms with E-state index in [4.69, 9.17) is 18.7 Å². The van der Waals surface area contributed by atoms with Gasteiger partial charge in [-0.05, 0) is 39.5 Å². The normalized spacial score (nSPS) is 29.6. The van der Waals surface area contributed by atoms with Crippen LogP contribution in [0.25, 0.3) is 0 Å². The Morgan fingerprint density at radius 2 is 1.68 bits per heavy atom. The quantitative estimate of drug-likeness (QED) is 0.291. The molecule has 0 bridgehead atoms. The van der Waals surface area contributed by atoms with E-state index in [2.05, 4.69) is 0 Å². The Bertz CT molecular complexity index is 397. The van der Waals surface area contributed by atoms with Gasteiger partial charge in [0.15, 0.2) is 14.7 Å².